The van der Waals surface area contributed by atoms with Crippen molar-refractivity contribution in [2.24, 2.45) is 5.73 Å². The van der Waals surface area contributed by atoms with Gasteiger partial charge in [0.1, 0.15) is 41.7 Å². The molecule has 3 heterocycles. The van der Waals surface area contributed by atoms with Crippen LogP contribution in [0.2, 0.25) is 0 Å². The molecule has 7 N–H and O–H groups in total. The zero-order valence-corrected chi connectivity index (χ0v) is 17.6. The van der Waals surface area contributed by atoms with E-state index in [4.69, 9.17) is 16.2 Å². The van der Waals surface area contributed by atoms with Gasteiger partial charge in [-0.15, -0.1) is 0 Å². The van der Waals surface area contributed by atoms with Gasteiger partial charge in [0.15, 0.2) is 17.7 Å². The normalized spacial score (nSPS) is 25.4. The first-order valence-electron chi connectivity index (χ1n) is 9.47. The van der Waals surface area contributed by atoms with E-state index in [1.807, 2.05) is 6.26 Å². The molecule has 0 radical (unpaired) electrons. The fraction of sp³-hybridized carbons (Fsp3) is 0.588. The van der Waals surface area contributed by atoms with Crippen molar-refractivity contribution < 1.29 is 29.6 Å². The van der Waals surface area contributed by atoms with Crippen LogP contribution in [-0.2, 0) is 25.2 Å². The molecule has 1 fully saturated rings. The summed E-state index contributed by atoms with van der Waals surface area (Å²) in [6, 6.07) is -1.15. The molecule has 170 valence electrons. The summed E-state index contributed by atoms with van der Waals surface area (Å²) in [6.07, 6.45) is 0.709. The summed E-state index contributed by atoms with van der Waals surface area (Å²) >= 11 is 0. The Morgan fingerprint density at radius 3 is 2.77 bits per heavy atom. The first-order chi connectivity index (χ1) is 14.7. The Morgan fingerprint density at radius 2 is 2.10 bits per heavy atom. The van der Waals surface area contributed by atoms with Crippen LogP contribution in [0.5, 0.6) is 0 Å². The van der Waals surface area contributed by atoms with Crippen LogP contribution < -0.4 is 21.9 Å². The van der Waals surface area contributed by atoms with Crippen molar-refractivity contribution in [3.63, 3.8) is 0 Å². The number of nitrogens with one attached hydrogen (secondary N) is 1. The summed E-state index contributed by atoms with van der Waals surface area (Å²) in [5, 5.41) is 34.5. The number of rotatable bonds is 9. The number of amides is 1. The molecular weight excluding hydrogens is 430 g/mol. The van der Waals surface area contributed by atoms with E-state index in [0.29, 0.717) is 22.7 Å². The Morgan fingerprint density at radius 1 is 1.35 bits per heavy atom. The van der Waals surface area contributed by atoms with E-state index < -0.39 is 42.5 Å². The van der Waals surface area contributed by atoms with Crippen LogP contribution in [0, 0.1) is 0 Å². The third-order valence-corrected chi connectivity index (χ3v) is 6.84. The second kappa shape index (κ2) is 9.74. The lowest BCUT2D eigenvalue weighted by Crippen LogP contribution is -2.50. The number of hydrogen-bond acceptors (Lipinski definition) is 11. The molecule has 6 unspecified atom stereocenters. The number of nitrogen functional groups attached to an aromatic ring is 1. The molecule has 0 saturated carbocycles. The van der Waals surface area contributed by atoms with Gasteiger partial charge in [0.2, 0.25) is 5.91 Å². The van der Waals surface area contributed by atoms with Gasteiger partial charge in [-0.3, -0.25) is 9.36 Å². The molecule has 13 nitrogen and oxygen atoms in total. The van der Waals surface area contributed by atoms with Crippen LogP contribution in [0.1, 0.15) is 12.6 Å². The Labute approximate surface area is 180 Å². The highest BCUT2D eigenvalue weighted by molar-refractivity contribution is 7.96. The number of anilines is 1. The number of ether oxygens (including phenoxy) is 1. The summed E-state index contributed by atoms with van der Waals surface area (Å²) in [6.45, 7) is -0.317. The van der Waals surface area contributed by atoms with E-state index in [1.165, 1.54) is 17.2 Å². The second-order valence-corrected chi connectivity index (χ2v) is 9.52. The molecular formula is C17H25N7O6S. The van der Waals surface area contributed by atoms with E-state index in [9.17, 15) is 24.9 Å². The molecule has 1 amide bonds. The fourth-order valence-electron chi connectivity index (χ4n) is 3.34. The maximum absolute atomic E-state index is 11.4. The Balaban J connectivity index is 1.62. The summed E-state index contributed by atoms with van der Waals surface area (Å²) in [5.74, 6) is -0.965. The molecule has 1 saturated heterocycles. The van der Waals surface area contributed by atoms with E-state index in [2.05, 4.69) is 20.3 Å². The summed E-state index contributed by atoms with van der Waals surface area (Å²) in [7, 11) is -0.382. The van der Waals surface area contributed by atoms with Crippen LogP contribution >= 0.6 is 0 Å². The Kier molecular flexibility index (Phi) is 7.27. The highest BCUT2D eigenvalue weighted by atomic mass is 32.2. The van der Waals surface area contributed by atoms with Crippen molar-refractivity contribution in [1.82, 2.24) is 24.8 Å². The monoisotopic (exact) mass is 455 g/mol. The number of aromatic nitrogens is 4. The zero-order valence-electron chi connectivity index (χ0n) is 16.7. The maximum Gasteiger partial charge on any atom is 0.234 e. The van der Waals surface area contributed by atoms with Gasteiger partial charge in [-0.05, 0) is 10.9 Å². The number of imidazole rings is 1. The number of nitrogens with zero attached hydrogens (tertiary/aromatic N) is 4. The highest BCUT2D eigenvalue weighted by Gasteiger charge is 2.46. The molecule has 3 rings (SSSR count). The topological polar surface area (TPSA) is 215 Å². The van der Waals surface area contributed by atoms with Gasteiger partial charge in [0.25, 0.3) is 0 Å². The average Bonchev–Trinajstić information content (AvgIpc) is 3.28. The van der Waals surface area contributed by atoms with Gasteiger partial charge in [0, 0.05) is 6.42 Å². The van der Waals surface area contributed by atoms with E-state index in [1.54, 1.807) is 0 Å². The minimum Gasteiger partial charge on any atom is -0.548 e. The van der Waals surface area contributed by atoms with Crippen molar-refractivity contribution in [1.29, 1.82) is 0 Å². The van der Waals surface area contributed by atoms with Gasteiger partial charge in [-0.1, -0.05) is 0 Å². The van der Waals surface area contributed by atoms with Crippen LogP contribution in [-0.4, -0.2) is 90.3 Å². The summed E-state index contributed by atoms with van der Waals surface area (Å²) in [5.41, 5.74) is 11.7. The van der Waals surface area contributed by atoms with Gasteiger partial charge in [-0.25, -0.2) is 15.0 Å². The summed E-state index contributed by atoms with van der Waals surface area (Å²) < 4.78 is 7.39. The molecule has 1 aliphatic heterocycles. The largest absolute Gasteiger partial charge is 0.548 e. The SMILES string of the molecule is C[S+](CCC(NC(=O)CN)C(=O)[O-])CC1OC(n2cnc3c(N)ncnc32)C(O)C1O. The smallest absolute Gasteiger partial charge is 0.234 e. The first kappa shape index (κ1) is 23.1. The predicted molar refractivity (Wildman–Crippen MR) is 109 cm³/mol. The number of aliphatic hydroxyl groups is 2. The third-order valence-electron chi connectivity index (χ3n) is 5.01. The highest BCUT2D eigenvalue weighted by Crippen LogP contribution is 2.32. The zero-order chi connectivity index (χ0) is 22.7. The molecule has 6 atom stereocenters. The predicted octanol–water partition coefficient (Wildman–Crippen LogP) is -4.14. The van der Waals surface area contributed by atoms with Gasteiger partial charge in [0.05, 0.1) is 31.1 Å². The lowest BCUT2D eigenvalue weighted by atomic mass is 10.1. The molecule has 14 heteroatoms. The minimum absolute atomic E-state index is 0.144. The number of carbonyl (C=O) groups excluding carboxylic acids is 2. The molecule has 0 aromatic carbocycles. The molecule has 2 aromatic heterocycles. The van der Waals surface area contributed by atoms with Crippen molar-refractivity contribution in [2.75, 3.05) is 30.0 Å². The van der Waals surface area contributed by atoms with E-state index in [0.717, 1.165) is 0 Å². The maximum atomic E-state index is 11.4. The lowest BCUT2D eigenvalue weighted by Gasteiger charge is -2.19. The molecule has 0 aliphatic carbocycles. The van der Waals surface area contributed by atoms with Gasteiger partial charge < -0.3 is 41.6 Å². The van der Waals surface area contributed by atoms with Crippen LogP contribution in [0.15, 0.2) is 12.7 Å². The quantitative estimate of drug-likeness (QED) is 0.229. The van der Waals surface area contributed by atoms with Crippen LogP contribution in [0.3, 0.4) is 0 Å². The number of carboxylic acids is 1. The first-order valence-corrected chi connectivity index (χ1v) is 11.4. The Bertz CT molecular complexity index is 943. The molecule has 31 heavy (non-hydrogen) atoms. The van der Waals surface area contributed by atoms with Gasteiger partial charge >= 0.3 is 0 Å². The second-order valence-electron chi connectivity index (χ2n) is 7.21. The van der Waals surface area contributed by atoms with Crippen molar-refractivity contribution in [3.8, 4) is 0 Å². The van der Waals surface area contributed by atoms with Crippen molar-refractivity contribution in [2.45, 2.75) is 37.0 Å². The molecule has 0 bridgehead atoms. The number of carboxylic acid groups (broad SMARTS) is 1. The molecule has 0 spiro atoms. The van der Waals surface area contributed by atoms with Gasteiger partial charge in [-0.2, -0.15) is 0 Å². The minimum atomic E-state index is -1.39. The number of hydrogen-bond donors (Lipinski definition) is 5. The number of aliphatic carboxylic acids is 1. The third kappa shape index (κ3) is 5.04. The number of nitrogens with two attached hydrogens (primary N) is 2. The van der Waals surface area contributed by atoms with Crippen LogP contribution in [0.4, 0.5) is 5.82 Å². The molecule has 2 aromatic rings. The van der Waals surface area contributed by atoms with Crippen LogP contribution in [0.25, 0.3) is 11.2 Å². The molecule has 1 aliphatic rings. The van der Waals surface area contributed by atoms with Crippen molar-refractivity contribution >= 4 is 39.8 Å². The fourth-order valence-corrected chi connectivity index (χ4v) is 4.98. The Hall–Kier alpha value is -2.52. The van der Waals surface area contributed by atoms with Crippen molar-refractivity contribution in [3.05, 3.63) is 12.7 Å². The number of fused-ring (bicyclic) bond motifs is 1. The average molecular weight is 455 g/mol. The number of aliphatic hydroxyl groups excluding tert-OH is 2. The lowest BCUT2D eigenvalue weighted by molar-refractivity contribution is -0.308. The standard InChI is InChI=1S/C17H25N7O6S/c1-31(3-2-8(17(28)29)23-10(25)4-18)5-9-12(26)13(27)16(30-9)24-7-22-11-14(19)20-6-21-15(11)24/h6-9,12-13,16,26-27H,2-5,18H2,1H3,(H3-,19,20,21,23,25,28,29). The van der Waals surface area contributed by atoms with E-state index in [-0.39, 0.29) is 29.7 Å². The number of carbonyl (C=O) groups is 2. The summed E-state index contributed by atoms with van der Waals surface area (Å²) in [4.78, 5) is 34.7. The van der Waals surface area contributed by atoms with E-state index >= 15 is 0 Å².